The zero-order valence-electron chi connectivity index (χ0n) is 16.9. The number of aromatic nitrogens is 4. The molecular formula is C21H20F3N7O. The van der Waals surface area contributed by atoms with Crippen molar-refractivity contribution in [3.05, 3.63) is 59.7 Å². The molecule has 3 aromatic rings. The highest BCUT2D eigenvalue weighted by Gasteiger charge is 2.51. The Morgan fingerprint density at radius 1 is 1.22 bits per heavy atom. The summed E-state index contributed by atoms with van der Waals surface area (Å²) in [5, 5.41) is 7.34. The minimum absolute atomic E-state index is 0.169. The Bertz CT molecular complexity index is 1170. The van der Waals surface area contributed by atoms with Crippen molar-refractivity contribution in [3.63, 3.8) is 0 Å². The third-order valence-electron chi connectivity index (χ3n) is 6.07. The molecule has 0 saturated carbocycles. The van der Waals surface area contributed by atoms with Crippen LogP contribution in [-0.2, 0) is 24.7 Å². The van der Waals surface area contributed by atoms with E-state index in [-0.39, 0.29) is 17.0 Å². The van der Waals surface area contributed by atoms with Crippen LogP contribution in [0, 0.1) is 0 Å². The number of nitrogens with two attached hydrogens (primary N) is 1. The van der Waals surface area contributed by atoms with Gasteiger partial charge in [-0.05, 0) is 30.7 Å². The molecule has 0 unspecified atom stereocenters. The monoisotopic (exact) mass is 443 g/mol. The summed E-state index contributed by atoms with van der Waals surface area (Å²) in [6, 6.07) is 8.11. The number of nitrogen functional groups attached to an aromatic ring is 1. The van der Waals surface area contributed by atoms with Crippen molar-refractivity contribution in [1.29, 1.82) is 0 Å². The molecule has 166 valence electrons. The van der Waals surface area contributed by atoms with E-state index >= 15 is 0 Å². The average Bonchev–Trinajstić information content (AvgIpc) is 3.30. The number of pyridine rings is 2. The van der Waals surface area contributed by atoms with Gasteiger partial charge in [0, 0.05) is 48.7 Å². The molecule has 0 bridgehead atoms. The predicted octanol–water partition coefficient (Wildman–Crippen LogP) is 2.81. The number of carbonyl (C=O) groups excluding carboxylic acids is 1. The fourth-order valence-electron chi connectivity index (χ4n) is 4.37. The van der Waals surface area contributed by atoms with Gasteiger partial charge in [0.25, 0.3) is 0 Å². The molecular weight excluding hydrogens is 423 g/mol. The van der Waals surface area contributed by atoms with Crippen molar-refractivity contribution >= 4 is 11.8 Å². The van der Waals surface area contributed by atoms with E-state index in [4.69, 9.17) is 5.73 Å². The van der Waals surface area contributed by atoms with Gasteiger partial charge in [0.05, 0.1) is 23.5 Å². The Morgan fingerprint density at radius 2 is 2.03 bits per heavy atom. The number of hydrogen-bond donors (Lipinski definition) is 2. The van der Waals surface area contributed by atoms with Gasteiger partial charge in [-0.15, -0.1) is 0 Å². The first-order valence-corrected chi connectivity index (χ1v) is 10.1. The number of rotatable bonds is 3. The van der Waals surface area contributed by atoms with E-state index in [1.54, 1.807) is 17.2 Å². The summed E-state index contributed by atoms with van der Waals surface area (Å²) < 4.78 is 41.4. The number of amides is 2. The first-order valence-electron chi connectivity index (χ1n) is 10.1. The lowest BCUT2D eigenvalue weighted by molar-refractivity contribution is -0.137. The van der Waals surface area contributed by atoms with Crippen LogP contribution in [0.25, 0.3) is 11.3 Å². The Labute approximate surface area is 181 Å². The molecule has 0 atom stereocenters. The molecule has 8 nitrogen and oxygen atoms in total. The van der Waals surface area contributed by atoms with Crippen LogP contribution in [0.15, 0.2) is 42.7 Å². The number of fused-ring (bicyclic) bond motifs is 2. The highest BCUT2D eigenvalue weighted by molar-refractivity contribution is 5.76. The molecule has 0 aromatic carbocycles. The molecule has 5 rings (SSSR count). The van der Waals surface area contributed by atoms with E-state index in [1.807, 2.05) is 22.9 Å². The molecule has 1 fully saturated rings. The largest absolute Gasteiger partial charge is 0.419 e. The lowest BCUT2D eigenvalue weighted by Crippen LogP contribution is -2.62. The van der Waals surface area contributed by atoms with Gasteiger partial charge in [-0.2, -0.15) is 18.3 Å². The molecule has 32 heavy (non-hydrogen) atoms. The molecule has 5 heterocycles. The minimum atomic E-state index is -4.59. The maximum atomic E-state index is 13.2. The van der Waals surface area contributed by atoms with E-state index < -0.39 is 17.6 Å². The SMILES string of the molecule is Nc1ncc(-c2cc3n(n2)CCC32CN(C(=O)NCc3ccccn3)C2)cc1C(F)(F)F. The second-order valence-electron chi connectivity index (χ2n) is 8.16. The first-order chi connectivity index (χ1) is 15.2. The van der Waals surface area contributed by atoms with Crippen LogP contribution < -0.4 is 11.1 Å². The van der Waals surface area contributed by atoms with Gasteiger partial charge in [-0.1, -0.05) is 6.07 Å². The Morgan fingerprint density at radius 3 is 2.75 bits per heavy atom. The van der Waals surface area contributed by atoms with Gasteiger partial charge in [0.2, 0.25) is 0 Å². The molecule has 2 aliphatic rings. The fraction of sp³-hybridized carbons (Fsp3) is 0.333. The minimum Gasteiger partial charge on any atom is -0.383 e. The van der Waals surface area contributed by atoms with Crippen LogP contribution in [0.2, 0.25) is 0 Å². The number of urea groups is 1. The molecule has 1 saturated heterocycles. The summed E-state index contributed by atoms with van der Waals surface area (Å²) in [6.45, 7) is 2.05. The second kappa shape index (κ2) is 7.21. The van der Waals surface area contributed by atoms with Gasteiger partial charge in [0.15, 0.2) is 0 Å². The van der Waals surface area contributed by atoms with E-state index in [2.05, 4.69) is 20.4 Å². The zero-order chi connectivity index (χ0) is 22.5. The number of carbonyl (C=O) groups is 1. The van der Waals surface area contributed by atoms with Gasteiger partial charge in [0.1, 0.15) is 5.82 Å². The number of anilines is 1. The summed E-state index contributed by atoms with van der Waals surface area (Å²) >= 11 is 0. The van der Waals surface area contributed by atoms with Gasteiger partial charge < -0.3 is 16.0 Å². The predicted molar refractivity (Wildman–Crippen MR) is 109 cm³/mol. The number of halogens is 3. The zero-order valence-corrected chi connectivity index (χ0v) is 16.9. The van der Waals surface area contributed by atoms with Crippen LogP contribution in [0.5, 0.6) is 0 Å². The molecule has 3 N–H and O–H groups in total. The molecule has 1 spiro atoms. The standard InChI is InChI=1S/C21H20F3N7O/c22-21(23,24)15-7-13(9-27-18(15)25)16-8-17-20(4-6-31(17)29-16)11-30(12-20)19(32)28-10-14-3-1-2-5-26-14/h1-3,5,7-9H,4,6,10-12H2,(H2,25,27)(H,28,32). The van der Waals surface area contributed by atoms with E-state index in [1.165, 1.54) is 6.20 Å². The summed E-state index contributed by atoms with van der Waals surface area (Å²) in [5.41, 5.74) is 6.56. The quantitative estimate of drug-likeness (QED) is 0.648. The van der Waals surface area contributed by atoms with E-state index in [0.717, 1.165) is 23.9 Å². The summed E-state index contributed by atoms with van der Waals surface area (Å²) in [6.07, 6.45) is -0.791. The van der Waals surface area contributed by atoms with Crippen LogP contribution in [0.4, 0.5) is 23.8 Å². The van der Waals surface area contributed by atoms with Crippen molar-refractivity contribution in [2.75, 3.05) is 18.8 Å². The Hall–Kier alpha value is -3.63. The van der Waals surface area contributed by atoms with Crippen LogP contribution in [0.3, 0.4) is 0 Å². The van der Waals surface area contributed by atoms with E-state index in [0.29, 0.717) is 31.9 Å². The van der Waals surface area contributed by atoms with Gasteiger partial charge >= 0.3 is 12.2 Å². The highest BCUT2D eigenvalue weighted by Crippen LogP contribution is 2.44. The third kappa shape index (κ3) is 3.43. The molecule has 2 amide bonds. The average molecular weight is 443 g/mol. The number of nitrogens with zero attached hydrogens (tertiary/aromatic N) is 5. The van der Waals surface area contributed by atoms with Crippen molar-refractivity contribution in [2.24, 2.45) is 0 Å². The van der Waals surface area contributed by atoms with E-state index in [9.17, 15) is 18.0 Å². The van der Waals surface area contributed by atoms with Crippen molar-refractivity contribution in [3.8, 4) is 11.3 Å². The lowest BCUT2D eigenvalue weighted by Gasteiger charge is -2.47. The van der Waals surface area contributed by atoms with Crippen LogP contribution in [0.1, 0.15) is 23.4 Å². The van der Waals surface area contributed by atoms with Crippen LogP contribution >= 0.6 is 0 Å². The normalized spacial score (nSPS) is 16.7. The first kappa shape index (κ1) is 20.3. The topological polar surface area (TPSA) is 102 Å². The smallest absolute Gasteiger partial charge is 0.383 e. The van der Waals surface area contributed by atoms with Crippen molar-refractivity contribution < 1.29 is 18.0 Å². The fourth-order valence-corrected chi connectivity index (χ4v) is 4.37. The number of nitrogens with one attached hydrogen (secondary N) is 1. The molecule has 3 aromatic heterocycles. The number of likely N-dealkylation sites (tertiary alicyclic amines) is 1. The molecule has 0 radical (unpaired) electrons. The number of aryl methyl sites for hydroxylation is 1. The summed E-state index contributed by atoms with van der Waals surface area (Å²) in [4.78, 5) is 22.1. The number of alkyl halides is 3. The Kier molecular flexibility index (Phi) is 4.57. The molecule has 11 heteroatoms. The Balaban J connectivity index is 1.30. The summed E-state index contributed by atoms with van der Waals surface area (Å²) in [5.74, 6) is -0.559. The maximum absolute atomic E-state index is 13.2. The third-order valence-corrected chi connectivity index (χ3v) is 6.07. The van der Waals surface area contributed by atoms with Crippen molar-refractivity contribution in [2.45, 2.75) is 31.1 Å². The van der Waals surface area contributed by atoms with Gasteiger partial charge in [-0.25, -0.2) is 9.78 Å². The van der Waals surface area contributed by atoms with Crippen molar-refractivity contribution in [1.82, 2.24) is 30.0 Å². The van der Waals surface area contributed by atoms with Gasteiger partial charge in [-0.3, -0.25) is 9.67 Å². The lowest BCUT2D eigenvalue weighted by atomic mass is 9.76. The molecule has 0 aliphatic carbocycles. The molecule has 2 aliphatic heterocycles. The summed E-state index contributed by atoms with van der Waals surface area (Å²) in [7, 11) is 0. The number of hydrogen-bond acceptors (Lipinski definition) is 5. The second-order valence-corrected chi connectivity index (χ2v) is 8.16. The maximum Gasteiger partial charge on any atom is 0.419 e. The highest BCUT2D eigenvalue weighted by atomic mass is 19.4. The van der Waals surface area contributed by atoms with Crippen LogP contribution in [-0.4, -0.2) is 43.8 Å².